The molecule has 2 N–H and O–H groups in total. The third-order valence-electron chi connectivity index (χ3n) is 4.54. The van der Waals surface area contributed by atoms with Gasteiger partial charge >= 0.3 is 18.0 Å². The van der Waals surface area contributed by atoms with Gasteiger partial charge in [-0.15, -0.1) is 11.8 Å². The van der Waals surface area contributed by atoms with E-state index in [1.807, 2.05) is 0 Å². The van der Waals surface area contributed by atoms with Gasteiger partial charge in [0.25, 0.3) is 0 Å². The fourth-order valence-electron chi connectivity index (χ4n) is 3.09. The summed E-state index contributed by atoms with van der Waals surface area (Å²) in [5.74, 6) is 2.31. The number of hydrogen-bond donors (Lipinski definition) is 2. The molecule has 1 aromatic carbocycles. The highest BCUT2D eigenvalue weighted by Gasteiger charge is 2.34. The minimum Gasteiger partial charge on any atom is -0.497 e. The molecule has 3 rings (SSSR count). The molecule has 0 unspecified atom stereocenters. The maximum absolute atomic E-state index is 12.7. The van der Waals surface area contributed by atoms with Gasteiger partial charge in [-0.3, -0.25) is 4.79 Å². The summed E-state index contributed by atoms with van der Waals surface area (Å²) in [5.41, 5.74) is 1.11. The van der Waals surface area contributed by atoms with Gasteiger partial charge in [0.2, 0.25) is 0 Å². The highest BCUT2D eigenvalue weighted by atomic mass is 32.2. The quantitative estimate of drug-likeness (QED) is 0.608. The Labute approximate surface area is 183 Å². The summed E-state index contributed by atoms with van der Waals surface area (Å²) in [7, 11) is 1.56. The van der Waals surface area contributed by atoms with E-state index in [2.05, 4.69) is 10.6 Å². The number of thioether (sulfide) groups is 2. The minimum atomic E-state index is -0.739. The number of ether oxygens (including phenoxy) is 3. The first-order chi connectivity index (χ1) is 14.5. The number of urea groups is 1. The molecule has 0 saturated carbocycles. The van der Waals surface area contributed by atoms with E-state index in [0.717, 1.165) is 11.5 Å². The lowest BCUT2D eigenvalue weighted by Gasteiger charge is -2.29. The van der Waals surface area contributed by atoms with Crippen LogP contribution in [0.4, 0.5) is 4.79 Å². The van der Waals surface area contributed by atoms with Crippen LogP contribution in [-0.4, -0.2) is 60.8 Å². The van der Waals surface area contributed by atoms with Crippen LogP contribution >= 0.6 is 23.5 Å². The van der Waals surface area contributed by atoms with Gasteiger partial charge < -0.3 is 24.8 Å². The zero-order valence-electron chi connectivity index (χ0n) is 16.8. The van der Waals surface area contributed by atoms with Crippen LogP contribution < -0.4 is 15.4 Å². The summed E-state index contributed by atoms with van der Waals surface area (Å²) in [5, 5.41) is 5.10. The fourth-order valence-corrected chi connectivity index (χ4v) is 5.62. The Morgan fingerprint density at radius 3 is 2.57 bits per heavy atom. The van der Waals surface area contributed by atoms with Gasteiger partial charge in [-0.1, -0.05) is 12.1 Å². The monoisotopic (exact) mass is 452 g/mol. The smallest absolute Gasteiger partial charge is 0.338 e. The number of rotatable bonds is 7. The highest BCUT2D eigenvalue weighted by molar-refractivity contribution is 8.07. The van der Waals surface area contributed by atoms with Crippen LogP contribution in [0.3, 0.4) is 0 Å². The van der Waals surface area contributed by atoms with E-state index >= 15 is 0 Å². The van der Waals surface area contributed by atoms with Crippen LogP contribution in [0.1, 0.15) is 18.5 Å². The molecule has 2 atom stereocenters. The van der Waals surface area contributed by atoms with Crippen molar-refractivity contribution in [2.45, 2.75) is 18.2 Å². The van der Waals surface area contributed by atoms with Crippen molar-refractivity contribution in [1.29, 1.82) is 0 Å². The molecule has 0 aliphatic carbocycles. The molecule has 1 saturated heterocycles. The van der Waals surface area contributed by atoms with Crippen LogP contribution in [0.15, 0.2) is 35.5 Å². The third-order valence-corrected chi connectivity index (χ3v) is 7.27. The number of methoxy groups -OCH3 is 1. The second kappa shape index (κ2) is 10.6. The van der Waals surface area contributed by atoms with Gasteiger partial charge in [0.1, 0.15) is 17.6 Å². The van der Waals surface area contributed by atoms with Crippen molar-refractivity contribution in [2.24, 2.45) is 0 Å². The van der Waals surface area contributed by atoms with E-state index in [4.69, 9.17) is 14.2 Å². The van der Waals surface area contributed by atoms with Crippen molar-refractivity contribution < 1.29 is 28.6 Å². The number of nitrogens with one attached hydrogen (secondary N) is 2. The van der Waals surface area contributed by atoms with Crippen LogP contribution in [-0.2, 0) is 19.1 Å². The SMILES string of the molecule is CCOC(=O)C1=C(COC(=O)[C@H]2CSCCS2)NC(=O)N[C@H]1c1ccc(OC)cc1. The van der Waals surface area contributed by atoms with E-state index in [-0.39, 0.29) is 35.7 Å². The number of esters is 2. The summed E-state index contributed by atoms with van der Waals surface area (Å²) < 4.78 is 15.8. The number of hydrogen-bond acceptors (Lipinski definition) is 8. The Hall–Kier alpha value is -2.33. The Kier molecular flexibility index (Phi) is 7.92. The van der Waals surface area contributed by atoms with Crippen molar-refractivity contribution in [2.75, 3.05) is 37.6 Å². The molecule has 2 heterocycles. The first kappa shape index (κ1) is 22.4. The number of carbonyl (C=O) groups excluding carboxylic acids is 3. The summed E-state index contributed by atoms with van der Waals surface area (Å²) in [6.45, 7) is 1.66. The molecule has 2 aliphatic rings. The molecule has 1 fully saturated rings. The average Bonchev–Trinajstić information content (AvgIpc) is 2.77. The number of carbonyl (C=O) groups is 3. The molecular formula is C20H24N2O6S2. The van der Waals surface area contributed by atoms with Crippen molar-refractivity contribution in [1.82, 2.24) is 10.6 Å². The Bertz CT molecular complexity index is 821. The molecule has 2 aliphatic heterocycles. The molecule has 10 heteroatoms. The largest absolute Gasteiger partial charge is 0.497 e. The van der Waals surface area contributed by atoms with Gasteiger partial charge in [0, 0.05) is 17.3 Å². The van der Waals surface area contributed by atoms with Crippen molar-refractivity contribution in [3.05, 3.63) is 41.1 Å². The van der Waals surface area contributed by atoms with Gasteiger partial charge in [0.05, 0.1) is 31.0 Å². The summed E-state index contributed by atoms with van der Waals surface area (Å²) >= 11 is 3.27. The van der Waals surface area contributed by atoms with Crippen LogP contribution in [0.5, 0.6) is 5.75 Å². The second-order valence-corrected chi connectivity index (χ2v) is 8.92. The van der Waals surface area contributed by atoms with Crippen molar-refractivity contribution in [3.63, 3.8) is 0 Å². The molecule has 162 valence electrons. The predicted molar refractivity (Wildman–Crippen MR) is 116 cm³/mol. The maximum Gasteiger partial charge on any atom is 0.338 e. The zero-order valence-corrected chi connectivity index (χ0v) is 18.4. The minimum absolute atomic E-state index is 0.175. The summed E-state index contributed by atoms with van der Waals surface area (Å²) in [6.07, 6.45) is 0. The standard InChI is InChI=1S/C20H24N2O6S2/c1-3-27-19(24)16-14(10-28-18(23)15-11-29-8-9-30-15)21-20(25)22-17(16)12-4-6-13(26-2)7-5-12/h4-7,15,17H,3,8-11H2,1-2H3,(H2,21,22,25)/t15-,17+/m1/s1. The zero-order chi connectivity index (χ0) is 21.5. The number of benzene rings is 1. The van der Waals surface area contributed by atoms with Crippen molar-refractivity contribution in [3.8, 4) is 5.75 Å². The fraction of sp³-hybridized carbons (Fsp3) is 0.450. The first-order valence-corrected chi connectivity index (χ1v) is 11.7. The molecule has 0 bridgehead atoms. The normalized spacial score (nSPS) is 21.3. The number of amides is 2. The summed E-state index contributed by atoms with van der Waals surface area (Å²) in [4.78, 5) is 37.4. The van der Waals surface area contributed by atoms with Gasteiger partial charge in [-0.2, -0.15) is 11.8 Å². The molecule has 1 aromatic rings. The van der Waals surface area contributed by atoms with E-state index in [9.17, 15) is 14.4 Å². The highest BCUT2D eigenvalue weighted by Crippen LogP contribution is 2.30. The van der Waals surface area contributed by atoms with Gasteiger partial charge in [0.15, 0.2) is 0 Å². The topological polar surface area (TPSA) is 103 Å². The van der Waals surface area contributed by atoms with E-state index in [1.54, 1.807) is 61.8 Å². The van der Waals surface area contributed by atoms with Gasteiger partial charge in [-0.25, -0.2) is 9.59 Å². The van der Waals surface area contributed by atoms with E-state index in [0.29, 0.717) is 17.1 Å². The Morgan fingerprint density at radius 2 is 1.93 bits per heavy atom. The first-order valence-electron chi connectivity index (χ1n) is 9.51. The molecule has 0 aromatic heterocycles. The van der Waals surface area contributed by atoms with Crippen molar-refractivity contribution >= 4 is 41.5 Å². The van der Waals surface area contributed by atoms with Crippen LogP contribution in [0.2, 0.25) is 0 Å². The lowest BCUT2D eigenvalue weighted by atomic mass is 9.95. The predicted octanol–water partition coefficient (Wildman–Crippen LogP) is 2.26. The Balaban J connectivity index is 1.86. The molecule has 2 amide bonds. The second-order valence-electron chi connectivity index (χ2n) is 6.46. The third kappa shape index (κ3) is 5.42. The van der Waals surface area contributed by atoms with E-state index in [1.165, 1.54) is 0 Å². The average molecular weight is 453 g/mol. The van der Waals surface area contributed by atoms with Crippen LogP contribution in [0.25, 0.3) is 0 Å². The Morgan fingerprint density at radius 1 is 1.17 bits per heavy atom. The van der Waals surface area contributed by atoms with Crippen LogP contribution in [0, 0.1) is 0 Å². The van der Waals surface area contributed by atoms with Gasteiger partial charge in [-0.05, 0) is 24.6 Å². The molecule has 0 radical (unpaired) electrons. The molecule has 8 nitrogen and oxygen atoms in total. The molecular weight excluding hydrogens is 428 g/mol. The van der Waals surface area contributed by atoms with E-state index < -0.39 is 18.0 Å². The maximum atomic E-state index is 12.7. The lowest BCUT2D eigenvalue weighted by Crippen LogP contribution is -2.47. The molecule has 0 spiro atoms. The molecule has 30 heavy (non-hydrogen) atoms. The summed E-state index contributed by atoms with van der Waals surface area (Å²) in [6, 6.07) is 5.77. The lowest BCUT2D eigenvalue weighted by molar-refractivity contribution is -0.142.